The molecule has 0 saturated carbocycles. The molecule has 0 N–H and O–H groups in total. The minimum atomic E-state index is -0.221. The molecule has 0 aliphatic carbocycles. The van der Waals surface area contributed by atoms with Crippen molar-refractivity contribution in [1.82, 2.24) is 4.90 Å². The molecule has 1 amide bonds. The Bertz CT molecular complexity index is 688. The highest BCUT2D eigenvalue weighted by atomic mass is 16.5. The summed E-state index contributed by atoms with van der Waals surface area (Å²) in [5, 5.41) is 0.973. The van der Waals surface area contributed by atoms with Crippen molar-refractivity contribution in [3.63, 3.8) is 0 Å². The molecule has 1 fully saturated rings. The Hall–Kier alpha value is -2.01. The Kier molecular flexibility index (Phi) is 5.41. The van der Waals surface area contributed by atoms with Crippen LogP contribution in [-0.2, 0) is 9.53 Å². The maximum Gasteiger partial charge on any atom is 0.233 e. The number of hydrogen-bond donors (Lipinski definition) is 0. The zero-order chi connectivity index (χ0) is 16.9. The number of amides is 1. The highest BCUT2D eigenvalue weighted by Gasteiger charge is 2.29. The molecule has 1 aliphatic rings. The van der Waals surface area contributed by atoms with Crippen LogP contribution in [0.25, 0.3) is 11.0 Å². The molecule has 1 atom stereocenters. The Morgan fingerprint density at radius 1 is 1.29 bits per heavy atom. The van der Waals surface area contributed by atoms with E-state index in [-0.39, 0.29) is 11.8 Å². The number of rotatable bonds is 6. The van der Waals surface area contributed by atoms with Crippen molar-refractivity contribution in [1.29, 1.82) is 0 Å². The van der Waals surface area contributed by atoms with Gasteiger partial charge in [0.15, 0.2) is 0 Å². The first-order valence-corrected chi connectivity index (χ1v) is 8.67. The molecule has 24 heavy (non-hydrogen) atoms. The lowest BCUT2D eigenvalue weighted by Crippen LogP contribution is -2.43. The Morgan fingerprint density at radius 2 is 2.08 bits per heavy atom. The summed E-state index contributed by atoms with van der Waals surface area (Å²) < 4.78 is 16.6. The molecule has 1 saturated heterocycles. The first-order chi connectivity index (χ1) is 11.7. The van der Waals surface area contributed by atoms with Crippen molar-refractivity contribution >= 4 is 16.9 Å². The number of unbranched alkanes of at least 4 members (excludes halogenated alkanes) is 1. The van der Waals surface area contributed by atoms with Crippen molar-refractivity contribution in [3.05, 3.63) is 30.0 Å². The van der Waals surface area contributed by atoms with Gasteiger partial charge in [-0.1, -0.05) is 19.8 Å². The molecule has 1 aromatic heterocycles. The number of hydrogen-bond acceptors (Lipinski definition) is 4. The van der Waals surface area contributed by atoms with Gasteiger partial charge in [-0.05, 0) is 30.7 Å². The van der Waals surface area contributed by atoms with Crippen LogP contribution in [0.1, 0.15) is 37.9 Å². The van der Waals surface area contributed by atoms with Crippen LogP contribution in [0.2, 0.25) is 0 Å². The predicted octanol–water partition coefficient (Wildman–Crippen LogP) is 3.57. The monoisotopic (exact) mass is 331 g/mol. The van der Waals surface area contributed by atoms with Gasteiger partial charge in [0, 0.05) is 18.5 Å². The number of benzene rings is 1. The lowest BCUT2D eigenvalue weighted by atomic mass is 9.97. The number of carbonyl (C=O) groups excluding carboxylic acids is 1. The van der Waals surface area contributed by atoms with Gasteiger partial charge in [-0.15, -0.1) is 0 Å². The lowest BCUT2D eigenvalue weighted by Gasteiger charge is -2.29. The first kappa shape index (κ1) is 16.8. The topological polar surface area (TPSA) is 51.9 Å². The van der Waals surface area contributed by atoms with Gasteiger partial charge < -0.3 is 18.8 Å². The smallest absolute Gasteiger partial charge is 0.233 e. The van der Waals surface area contributed by atoms with E-state index in [9.17, 15) is 4.79 Å². The first-order valence-electron chi connectivity index (χ1n) is 8.67. The van der Waals surface area contributed by atoms with E-state index in [2.05, 4.69) is 6.92 Å². The SMILES string of the molecule is CCCCC(C(=O)N1CCOCC1)c1cc2cc(OC)ccc2o1. The Morgan fingerprint density at radius 3 is 2.79 bits per heavy atom. The number of furan rings is 1. The minimum absolute atomic E-state index is 0.151. The molecule has 1 aromatic carbocycles. The average molecular weight is 331 g/mol. The van der Waals surface area contributed by atoms with E-state index in [1.54, 1.807) is 7.11 Å². The highest BCUT2D eigenvalue weighted by molar-refractivity contribution is 5.86. The van der Waals surface area contributed by atoms with Gasteiger partial charge in [0.25, 0.3) is 0 Å². The van der Waals surface area contributed by atoms with E-state index in [4.69, 9.17) is 13.9 Å². The number of carbonyl (C=O) groups is 1. The van der Waals surface area contributed by atoms with Crippen LogP contribution in [0.3, 0.4) is 0 Å². The second kappa shape index (κ2) is 7.71. The van der Waals surface area contributed by atoms with Crippen LogP contribution in [0, 0.1) is 0 Å². The molecule has 3 rings (SSSR count). The number of nitrogens with zero attached hydrogens (tertiary/aromatic N) is 1. The molecule has 1 unspecified atom stereocenters. The molecule has 2 aromatic rings. The summed E-state index contributed by atoms with van der Waals surface area (Å²) in [6.07, 6.45) is 2.87. The van der Waals surface area contributed by atoms with E-state index < -0.39 is 0 Å². The number of ether oxygens (including phenoxy) is 2. The quantitative estimate of drug-likeness (QED) is 0.812. The zero-order valence-electron chi connectivity index (χ0n) is 14.4. The van der Waals surface area contributed by atoms with Gasteiger partial charge in [0.1, 0.15) is 17.1 Å². The van der Waals surface area contributed by atoms with Crippen LogP contribution < -0.4 is 4.74 Å². The second-order valence-electron chi connectivity index (χ2n) is 6.18. The number of morpholine rings is 1. The summed E-state index contributed by atoms with van der Waals surface area (Å²) in [6, 6.07) is 7.70. The fourth-order valence-corrected chi connectivity index (χ4v) is 3.14. The van der Waals surface area contributed by atoms with E-state index in [0.29, 0.717) is 26.3 Å². The Labute approximate surface area is 142 Å². The largest absolute Gasteiger partial charge is 0.497 e. The van der Waals surface area contributed by atoms with Crippen LogP contribution in [0.5, 0.6) is 5.75 Å². The second-order valence-corrected chi connectivity index (χ2v) is 6.18. The molecule has 0 radical (unpaired) electrons. The molecule has 1 aliphatic heterocycles. The van der Waals surface area contributed by atoms with Crippen LogP contribution >= 0.6 is 0 Å². The molecule has 0 spiro atoms. The molecule has 5 nitrogen and oxygen atoms in total. The number of methoxy groups -OCH3 is 1. The highest BCUT2D eigenvalue weighted by Crippen LogP contribution is 2.32. The standard InChI is InChI=1S/C19H25NO4/c1-3-4-5-16(19(21)20-8-10-23-11-9-20)18-13-14-12-15(22-2)6-7-17(14)24-18/h6-7,12-13,16H,3-5,8-11H2,1-2H3. The van der Waals surface area contributed by atoms with Crippen LogP contribution in [0.15, 0.2) is 28.7 Å². The van der Waals surface area contributed by atoms with Gasteiger partial charge in [-0.3, -0.25) is 4.79 Å². The van der Waals surface area contributed by atoms with Crippen LogP contribution in [0.4, 0.5) is 0 Å². The molecular formula is C19H25NO4. The molecule has 130 valence electrons. The van der Waals surface area contributed by atoms with E-state index in [1.165, 1.54) is 0 Å². The van der Waals surface area contributed by atoms with Crippen LogP contribution in [-0.4, -0.2) is 44.2 Å². The third-order valence-corrected chi connectivity index (χ3v) is 4.55. The van der Waals surface area contributed by atoms with Gasteiger partial charge in [0.05, 0.1) is 26.2 Å². The molecule has 0 bridgehead atoms. The van der Waals surface area contributed by atoms with Gasteiger partial charge in [-0.2, -0.15) is 0 Å². The molecule has 2 heterocycles. The summed E-state index contributed by atoms with van der Waals surface area (Å²) in [4.78, 5) is 14.9. The fourth-order valence-electron chi connectivity index (χ4n) is 3.14. The predicted molar refractivity (Wildman–Crippen MR) is 92.4 cm³/mol. The lowest BCUT2D eigenvalue weighted by molar-refractivity contribution is -0.137. The molecular weight excluding hydrogens is 306 g/mol. The van der Waals surface area contributed by atoms with E-state index in [1.807, 2.05) is 29.2 Å². The van der Waals surface area contributed by atoms with E-state index >= 15 is 0 Å². The van der Waals surface area contributed by atoms with Gasteiger partial charge in [0.2, 0.25) is 5.91 Å². The van der Waals surface area contributed by atoms with Gasteiger partial charge in [-0.25, -0.2) is 0 Å². The van der Waals surface area contributed by atoms with Crippen molar-refractivity contribution in [2.45, 2.75) is 32.1 Å². The normalized spacial score (nSPS) is 16.3. The third kappa shape index (κ3) is 3.56. The van der Waals surface area contributed by atoms with Crippen molar-refractivity contribution in [2.75, 3.05) is 33.4 Å². The van der Waals surface area contributed by atoms with Crippen molar-refractivity contribution in [2.24, 2.45) is 0 Å². The zero-order valence-corrected chi connectivity index (χ0v) is 14.4. The van der Waals surface area contributed by atoms with Crippen molar-refractivity contribution < 1.29 is 18.7 Å². The van der Waals surface area contributed by atoms with Crippen molar-refractivity contribution in [3.8, 4) is 5.75 Å². The average Bonchev–Trinajstić information content (AvgIpc) is 3.05. The maximum absolute atomic E-state index is 13.0. The maximum atomic E-state index is 13.0. The summed E-state index contributed by atoms with van der Waals surface area (Å²) in [7, 11) is 1.65. The Balaban J connectivity index is 1.88. The summed E-state index contributed by atoms with van der Waals surface area (Å²) in [5.74, 6) is 1.47. The van der Waals surface area contributed by atoms with E-state index in [0.717, 1.165) is 41.7 Å². The summed E-state index contributed by atoms with van der Waals surface area (Å²) >= 11 is 0. The number of fused-ring (bicyclic) bond motifs is 1. The minimum Gasteiger partial charge on any atom is -0.497 e. The van der Waals surface area contributed by atoms with Gasteiger partial charge >= 0.3 is 0 Å². The fraction of sp³-hybridized carbons (Fsp3) is 0.526. The summed E-state index contributed by atoms with van der Waals surface area (Å²) in [5.41, 5.74) is 0.794. The summed E-state index contributed by atoms with van der Waals surface area (Å²) in [6.45, 7) is 4.69. The molecule has 5 heteroatoms. The third-order valence-electron chi connectivity index (χ3n) is 4.55.